The molecule has 3 rings (SSSR count). The van der Waals surface area contributed by atoms with Crippen molar-refractivity contribution in [3.8, 4) is 11.4 Å². The van der Waals surface area contributed by atoms with Gasteiger partial charge in [-0.2, -0.15) is 4.98 Å². The SMILES string of the molecule is CC1NCCC1c1nc(-c2ccc(Cl)c(Br)c2)no1. The van der Waals surface area contributed by atoms with E-state index in [4.69, 9.17) is 16.1 Å². The van der Waals surface area contributed by atoms with Gasteiger partial charge in [-0.15, -0.1) is 0 Å². The van der Waals surface area contributed by atoms with Gasteiger partial charge in [0.25, 0.3) is 0 Å². The minimum absolute atomic E-state index is 0.303. The third kappa shape index (κ3) is 2.55. The van der Waals surface area contributed by atoms with Gasteiger partial charge in [-0.3, -0.25) is 0 Å². The van der Waals surface area contributed by atoms with Crippen molar-refractivity contribution in [2.75, 3.05) is 6.54 Å². The lowest BCUT2D eigenvalue weighted by molar-refractivity contribution is 0.345. The molecule has 2 heterocycles. The van der Waals surface area contributed by atoms with Gasteiger partial charge in [0.05, 0.1) is 10.9 Å². The first kappa shape index (κ1) is 13.1. The number of nitrogens with one attached hydrogen (secondary N) is 1. The van der Waals surface area contributed by atoms with Crippen LogP contribution in [-0.2, 0) is 0 Å². The molecule has 1 saturated heterocycles. The topological polar surface area (TPSA) is 51.0 Å². The van der Waals surface area contributed by atoms with E-state index in [2.05, 4.69) is 38.3 Å². The number of benzene rings is 1. The van der Waals surface area contributed by atoms with E-state index >= 15 is 0 Å². The molecule has 19 heavy (non-hydrogen) atoms. The van der Waals surface area contributed by atoms with Crippen LogP contribution in [0.2, 0.25) is 5.02 Å². The van der Waals surface area contributed by atoms with E-state index < -0.39 is 0 Å². The van der Waals surface area contributed by atoms with Crippen LogP contribution >= 0.6 is 27.5 Å². The summed E-state index contributed by atoms with van der Waals surface area (Å²) < 4.78 is 6.22. The molecule has 0 saturated carbocycles. The predicted octanol–water partition coefficient (Wildman–Crippen LogP) is 3.62. The first-order valence-electron chi connectivity index (χ1n) is 6.17. The highest BCUT2D eigenvalue weighted by molar-refractivity contribution is 9.10. The van der Waals surface area contributed by atoms with E-state index in [1.165, 1.54) is 0 Å². The van der Waals surface area contributed by atoms with Gasteiger partial charge in [0.1, 0.15) is 0 Å². The highest BCUT2D eigenvalue weighted by Crippen LogP contribution is 2.30. The molecule has 0 radical (unpaired) electrons. The standard InChI is InChI=1S/C13H13BrClN3O/c1-7-9(4-5-16-7)13-17-12(18-19-13)8-2-3-11(15)10(14)6-8/h2-3,6-7,9,16H,4-5H2,1H3. The molecule has 1 aromatic carbocycles. The van der Waals surface area contributed by atoms with Gasteiger partial charge >= 0.3 is 0 Å². The molecule has 0 bridgehead atoms. The van der Waals surface area contributed by atoms with E-state index in [1.54, 1.807) is 0 Å². The quantitative estimate of drug-likeness (QED) is 0.905. The maximum atomic E-state index is 5.98. The Morgan fingerprint density at radius 2 is 2.32 bits per heavy atom. The van der Waals surface area contributed by atoms with Gasteiger partial charge in [-0.1, -0.05) is 16.8 Å². The van der Waals surface area contributed by atoms with Crippen LogP contribution < -0.4 is 5.32 Å². The maximum absolute atomic E-state index is 5.98. The van der Waals surface area contributed by atoms with Crippen molar-refractivity contribution in [3.63, 3.8) is 0 Å². The van der Waals surface area contributed by atoms with Crippen LogP contribution in [0.3, 0.4) is 0 Å². The van der Waals surface area contributed by atoms with E-state index in [1.807, 2.05) is 18.2 Å². The largest absolute Gasteiger partial charge is 0.339 e. The number of rotatable bonds is 2. The first-order valence-corrected chi connectivity index (χ1v) is 7.34. The summed E-state index contributed by atoms with van der Waals surface area (Å²) in [7, 11) is 0. The molecule has 0 spiro atoms. The molecule has 1 aromatic heterocycles. The second kappa shape index (κ2) is 5.23. The van der Waals surface area contributed by atoms with Crippen molar-refractivity contribution < 1.29 is 4.52 Å². The molecular weight excluding hydrogens is 330 g/mol. The van der Waals surface area contributed by atoms with Gasteiger partial charge in [0, 0.05) is 16.1 Å². The number of hydrogen-bond donors (Lipinski definition) is 1. The van der Waals surface area contributed by atoms with Gasteiger partial charge in [0.15, 0.2) is 0 Å². The third-order valence-electron chi connectivity index (χ3n) is 3.46. The second-order valence-corrected chi connectivity index (χ2v) is 5.98. The summed E-state index contributed by atoms with van der Waals surface area (Å²) in [4.78, 5) is 4.50. The predicted molar refractivity (Wildman–Crippen MR) is 77.3 cm³/mol. The Morgan fingerprint density at radius 1 is 1.47 bits per heavy atom. The number of hydrogen-bond acceptors (Lipinski definition) is 4. The zero-order valence-electron chi connectivity index (χ0n) is 10.4. The Morgan fingerprint density at radius 3 is 3.00 bits per heavy atom. The van der Waals surface area contributed by atoms with Crippen molar-refractivity contribution in [2.45, 2.75) is 25.3 Å². The van der Waals surface area contributed by atoms with E-state index in [9.17, 15) is 0 Å². The van der Waals surface area contributed by atoms with Gasteiger partial charge in [0.2, 0.25) is 11.7 Å². The van der Waals surface area contributed by atoms with E-state index in [0.29, 0.717) is 28.7 Å². The molecule has 0 aliphatic carbocycles. The molecule has 6 heteroatoms. The fraction of sp³-hybridized carbons (Fsp3) is 0.385. The van der Waals surface area contributed by atoms with Crippen LogP contribution in [0, 0.1) is 0 Å². The number of aromatic nitrogens is 2. The summed E-state index contributed by atoms with van der Waals surface area (Å²) in [5, 5.41) is 8.11. The summed E-state index contributed by atoms with van der Waals surface area (Å²) in [6.07, 6.45) is 1.03. The average molecular weight is 343 g/mol. The fourth-order valence-electron chi connectivity index (χ4n) is 2.33. The molecule has 0 amide bonds. The summed E-state index contributed by atoms with van der Waals surface area (Å²) >= 11 is 9.37. The zero-order valence-corrected chi connectivity index (χ0v) is 12.7. The first-order chi connectivity index (χ1) is 9.15. The highest BCUT2D eigenvalue weighted by atomic mass is 79.9. The molecule has 100 valence electrons. The van der Waals surface area contributed by atoms with Crippen LogP contribution in [0.15, 0.2) is 27.2 Å². The van der Waals surface area contributed by atoms with Gasteiger partial charge in [-0.05, 0) is 54.0 Å². The third-order valence-corrected chi connectivity index (χ3v) is 4.68. The summed E-state index contributed by atoms with van der Waals surface area (Å²) in [6.45, 7) is 3.14. The Hall–Kier alpha value is -0.910. The van der Waals surface area contributed by atoms with E-state index in [-0.39, 0.29) is 0 Å². The normalized spacial score (nSPS) is 22.9. The lowest BCUT2D eigenvalue weighted by Crippen LogP contribution is -2.21. The van der Waals surface area contributed by atoms with Crippen LogP contribution in [-0.4, -0.2) is 22.7 Å². The highest BCUT2D eigenvalue weighted by Gasteiger charge is 2.29. The smallest absolute Gasteiger partial charge is 0.231 e. The molecular formula is C13H13BrClN3O. The molecule has 1 aliphatic heterocycles. The molecule has 2 aromatic rings. The lowest BCUT2D eigenvalue weighted by Gasteiger charge is -2.08. The van der Waals surface area contributed by atoms with Crippen molar-refractivity contribution in [3.05, 3.63) is 33.6 Å². The monoisotopic (exact) mass is 341 g/mol. The number of nitrogens with zero attached hydrogens (tertiary/aromatic N) is 2. The lowest BCUT2D eigenvalue weighted by atomic mass is 10.0. The molecule has 1 aliphatic rings. The van der Waals surface area contributed by atoms with Crippen LogP contribution in [0.4, 0.5) is 0 Å². The van der Waals surface area contributed by atoms with Crippen molar-refractivity contribution in [1.82, 2.24) is 15.5 Å². The molecule has 1 N–H and O–H groups in total. The summed E-state index contributed by atoms with van der Waals surface area (Å²) in [6, 6.07) is 5.98. The Kier molecular flexibility index (Phi) is 3.60. The van der Waals surface area contributed by atoms with Gasteiger partial charge < -0.3 is 9.84 Å². The second-order valence-electron chi connectivity index (χ2n) is 4.72. The summed E-state index contributed by atoms with van der Waals surface area (Å²) in [5.41, 5.74) is 0.893. The van der Waals surface area contributed by atoms with Crippen LogP contribution in [0.1, 0.15) is 25.2 Å². The Bertz CT molecular complexity index is 601. The fourth-order valence-corrected chi connectivity index (χ4v) is 2.83. The minimum Gasteiger partial charge on any atom is -0.339 e. The molecule has 2 unspecified atom stereocenters. The molecule has 2 atom stereocenters. The summed E-state index contributed by atoms with van der Waals surface area (Å²) in [5.74, 6) is 1.61. The van der Waals surface area contributed by atoms with Crippen molar-refractivity contribution in [2.24, 2.45) is 0 Å². The van der Waals surface area contributed by atoms with E-state index in [0.717, 1.165) is 23.0 Å². The maximum Gasteiger partial charge on any atom is 0.231 e. The van der Waals surface area contributed by atoms with Crippen LogP contribution in [0.25, 0.3) is 11.4 Å². The number of halogens is 2. The minimum atomic E-state index is 0.303. The van der Waals surface area contributed by atoms with Crippen molar-refractivity contribution >= 4 is 27.5 Å². The van der Waals surface area contributed by atoms with Crippen LogP contribution in [0.5, 0.6) is 0 Å². The van der Waals surface area contributed by atoms with Gasteiger partial charge in [-0.25, -0.2) is 0 Å². The molecule has 4 nitrogen and oxygen atoms in total. The molecule has 1 fully saturated rings. The zero-order chi connectivity index (χ0) is 13.4. The average Bonchev–Trinajstić information content (AvgIpc) is 3.01. The van der Waals surface area contributed by atoms with Crippen molar-refractivity contribution in [1.29, 1.82) is 0 Å². The Labute approximate surface area is 124 Å². The Balaban J connectivity index is 1.90.